The molecule has 0 radical (unpaired) electrons. The zero-order chi connectivity index (χ0) is 12.1. The second kappa shape index (κ2) is 3.19. The Morgan fingerprint density at radius 3 is 1.67 bits per heavy atom. The first-order chi connectivity index (χ1) is 6.54. The molecule has 1 unspecified atom stereocenters. The normalized spacial score (nSPS) is 25.9. The van der Waals surface area contributed by atoms with Crippen molar-refractivity contribution in [3.8, 4) is 0 Å². The van der Waals surface area contributed by atoms with E-state index in [9.17, 15) is 31.1 Å². The summed E-state index contributed by atoms with van der Waals surface area (Å²) in [5.74, 6) is -5.22. The largest absolute Gasteiger partial charge is 0.481 e. The second-order valence-corrected chi connectivity index (χ2v) is 4.20. The van der Waals surface area contributed by atoms with Gasteiger partial charge in [0.25, 0.3) is 0 Å². The van der Waals surface area contributed by atoms with Crippen LogP contribution >= 0.6 is 11.8 Å². The van der Waals surface area contributed by atoms with Gasteiger partial charge in [0, 0.05) is 5.75 Å². The molecule has 1 N–H and O–H groups in total. The lowest BCUT2D eigenvalue weighted by atomic mass is 9.90. The topological polar surface area (TPSA) is 37.3 Å². The van der Waals surface area contributed by atoms with E-state index in [1.807, 2.05) is 0 Å². The van der Waals surface area contributed by atoms with Crippen molar-refractivity contribution in [3.63, 3.8) is 0 Å². The molecule has 9 heteroatoms. The Morgan fingerprint density at radius 1 is 1.20 bits per heavy atom. The average Bonchev–Trinajstić information content (AvgIpc) is 1.73. The van der Waals surface area contributed by atoms with Crippen LogP contribution in [0.15, 0.2) is 0 Å². The number of carboxylic acid groups (broad SMARTS) is 1. The molecule has 0 spiro atoms. The Hall–Kier alpha value is -0.600. The molecule has 0 aliphatic carbocycles. The van der Waals surface area contributed by atoms with Crippen LogP contribution in [0.5, 0.6) is 0 Å². The van der Waals surface area contributed by atoms with E-state index in [4.69, 9.17) is 5.11 Å². The van der Waals surface area contributed by atoms with Crippen LogP contribution in [0, 0.1) is 5.92 Å². The van der Waals surface area contributed by atoms with Gasteiger partial charge in [-0.15, -0.1) is 11.8 Å². The first-order valence-electron chi connectivity index (χ1n) is 3.54. The van der Waals surface area contributed by atoms with Crippen LogP contribution in [0.1, 0.15) is 0 Å². The van der Waals surface area contributed by atoms with Gasteiger partial charge in [-0.25, -0.2) is 0 Å². The molecule has 0 bridgehead atoms. The van der Waals surface area contributed by atoms with E-state index in [0.717, 1.165) is 0 Å². The summed E-state index contributed by atoms with van der Waals surface area (Å²) in [5.41, 5.74) is 0. The van der Waals surface area contributed by atoms with Crippen LogP contribution in [-0.4, -0.2) is 33.9 Å². The van der Waals surface area contributed by atoms with Crippen molar-refractivity contribution < 1.29 is 36.2 Å². The first kappa shape index (κ1) is 12.5. The SMILES string of the molecule is O=C(O)C1CSC1(C(F)(F)F)C(F)(F)F. The fourth-order valence-corrected chi connectivity index (χ4v) is 2.54. The second-order valence-electron chi connectivity index (χ2n) is 2.93. The molecule has 0 aromatic rings. The van der Waals surface area contributed by atoms with Crippen molar-refractivity contribution in [2.24, 2.45) is 5.92 Å². The third kappa shape index (κ3) is 1.56. The number of hydrogen-bond donors (Lipinski definition) is 1. The molecular formula is C6H4F6O2S. The lowest BCUT2D eigenvalue weighted by Crippen LogP contribution is -2.67. The molecule has 1 aliphatic rings. The molecule has 1 saturated heterocycles. The molecule has 1 atom stereocenters. The Balaban J connectivity index is 3.17. The molecule has 15 heavy (non-hydrogen) atoms. The van der Waals surface area contributed by atoms with Gasteiger partial charge < -0.3 is 5.11 Å². The van der Waals surface area contributed by atoms with Crippen LogP contribution in [0.4, 0.5) is 26.3 Å². The smallest absolute Gasteiger partial charge is 0.412 e. The Bertz CT molecular complexity index is 268. The summed E-state index contributed by atoms with van der Waals surface area (Å²) in [7, 11) is 0. The number of halogens is 6. The summed E-state index contributed by atoms with van der Waals surface area (Å²) in [6, 6.07) is 0. The summed E-state index contributed by atoms with van der Waals surface area (Å²) >= 11 is -0.428. The maximum atomic E-state index is 12.3. The monoisotopic (exact) mass is 254 g/mol. The molecule has 88 valence electrons. The molecule has 1 fully saturated rings. The van der Waals surface area contributed by atoms with Gasteiger partial charge in [-0.1, -0.05) is 0 Å². The molecule has 2 nitrogen and oxygen atoms in total. The van der Waals surface area contributed by atoms with E-state index in [0.29, 0.717) is 0 Å². The van der Waals surface area contributed by atoms with E-state index in [1.54, 1.807) is 0 Å². The number of rotatable bonds is 1. The Morgan fingerprint density at radius 2 is 1.60 bits per heavy atom. The Kier molecular flexibility index (Phi) is 2.65. The minimum absolute atomic E-state index is 0.428. The number of hydrogen-bond acceptors (Lipinski definition) is 2. The highest BCUT2D eigenvalue weighted by Gasteiger charge is 2.80. The predicted octanol–water partition coefficient (Wildman–Crippen LogP) is 2.30. The third-order valence-corrected chi connectivity index (χ3v) is 3.81. The fraction of sp³-hybridized carbons (Fsp3) is 0.833. The highest BCUT2D eigenvalue weighted by molar-refractivity contribution is 8.02. The van der Waals surface area contributed by atoms with Crippen molar-refractivity contribution in [1.82, 2.24) is 0 Å². The summed E-state index contributed by atoms with van der Waals surface area (Å²) in [5, 5.41) is 8.28. The minimum atomic E-state index is -5.61. The van der Waals surface area contributed by atoms with Gasteiger partial charge in [-0.3, -0.25) is 4.79 Å². The summed E-state index contributed by atoms with van der Waals surface area (Å²) in [4.78, 5) is 10.3. The van der Waals surface area contributed by atoms with Gasteiger partial charge in [0.1, 0.15) is 0 Å². The maximum Gasteiger partial charge on any atom is 0.412 e. The van der Waals surface area contributed by atoms with E-state index in [2.05, 4.69) is 0 Å². The number of carboxylic acids is 1. The van der Waals surface area contributed by atoms with Crippen molar-refractivity contribution in [2.45, 2.75) is 17.1 Å². The van der Waals surface area contributed by atoms with Gasteiger partial charge in [0.2, 0.25) is 4.75 Å². The Labute approximate surface area is 83.6 Å². The lowest BCUT2D eigenvalue weighted by molar-refractivity contribution is -0.281. The molecule has 1 aliphatic heterocycles. The summed E-state index contributed by atoms with van der Waals surface area (Å²) in [6.45, 7) is 0. The van der Waals surface area contributed by atoms with Crippen molar-refractivity contribution in [1.29, 1.82) is 0 Å². The molecule has 1 heterocycles. The van der Waals surface area contributed by atoms with Crippen LogP contribution in [0.3, 0.4) is 0 Å². The predicted molar refractivity (Wildman–Crippen MR) is 38.4 cm³/mol. The maximum absolute atomic E-state index is 12.3. The molecule has 0 aromatic carbocycles. The van der Waals surface area contributed by atoms with Crippen molar-refractivity contribution in [2.75, 3.05) is 5.75 Å². The van der Waals surface area contributed by atoms with Crippen LogP contribution in [0.2, 0.25) is 0 Å². The molecule has 0 amide bonds. The van der Waals surface area contributed by atoms with Crippen molar-refractivity contribution in [3.05, 3.63) is 0 Å². The van der Waals surface area contributed by atoms with Crippen molar-refractivity contribution >= 4 is 17.7 Å². The standard InChI is InChI=1S/C6H4F6O2S/c7-5(8,9)4(6(10,11)12)2(1-15-4)3(13)14/h2H,1H2,(H,13,14). The molecule has 0 saturated carbocycles. The number of carbonyl (C=O) groups is 1. The van der Waals surface area contributed by atoms with Gasteiger partial charge >= 0.3 is 18.3 Å². The number of thioether (sulfide) groups is 1. The van der Waals surface area contributed by atoms with Crippen LogP contribution in [0.25, 0.3) is 0 Å². The zero-order valence-corrected chi connectivity index (χ0v) is 7.63. The molecule has 1 rings (SSSR count). The quantitative estimate of drug-likeness (QED) is 0.729. The number of alkyl halides is 6. The first-order valence-corrected chi connectivity index (χ1v) is 4.53. The summed E-state index contributed by atoms with van der Waals surface area (Å²) in [6.07, 6.45) is -11.2. The average molecular weight is 254 g/mol. The van der Waals surface area contributed by atoms with Gasteiger partial charge in [0.15, 0.2) is 0 Å². The van der Waals surface area contributed by atoms with E-state index in [-0.39, 0.29) is 0 Å². The summed E-state index contributed by atoms with van der Waals surface area (Å²) < 4.78 is 69.4. The molecular weight excluding hydrogens is 250 g/mol. The number of aliphatic carboxylic acids is 1. The van der Waals surface area contributed by atoms with E-state index < -0.39 is 46.5 Å². The van der Waals surface area contributed by atoms with Gasteiger partial charge in [0.05, 0.1) is 5.92 Å². The zero-order valence-electron chi connectivity index (χ0n) is 6.82. The van der Waals surface area contributed by atoms with Gasteiger partial charge in [-0.2, -0.15) is 26.3 Å². The van der Waals surface area contributed by atoms with Gasteiger partial charge in [-0.05, 0) is 0 Å². The lowest BCUT2D eigenvalue weighted by Gasteiger charge is -2.47. The third-order valence-electron chi connectivity index (χ3n) is 2.11. The minimum Gasteiger partial charge on any atom is -0.481 e. The van der Waals surface area contributed by atoms with E-state index >= 15 is 0 Å². The highest BCUT2D eigenvalue weighted by atomic mass is 32.2. The highest BCUT2D eigenvalue weighted by Crippen LogP contribution is 2.63. The molecule has 0 aromatic heterocycles. The van der Waals surface area contributed by atoms with Crippen LogP contribution < -0.4 is 0 Å². The van der Waals surface area contributed by atoms with Crippen LogP contribution in [-0.2, 0) is 4.79 Å². The van der Waals surface area contributed by atoms with E-state index in [1.165, 1.54) is 0 Å². The fourth-order valence-electron chi connectivity index (χ4n) is 1.30.